The Morgan fingerprint density at radius 3 is 2.94 bits per heavy atom. The minimum absolute atomic E-state index is 0.232. The predicted molar refractivity (Wildman–Crippen MR) is 61.4 cm³/mol. The van der Waals surface area contributed by atoms with Gasteiger partial charge in [0.15, 0.2) is 0 Å². The van der Waals surface area contributed by atoms with Crippen LogP contribution in [0.3, 0.4) is 0 Å². The smallest absolute Gasteiger partial charge is 0.233 e. The van der Waals surface area contributed by atoms with Gasteiger partial charge in [-0.1, -0.05) is 12.1 Å². The predicted octanol–water partition coefficient (Wildman–Crippen LogP) is 1.37. The second kappa shape index (κ2) is 4.06. The number of nitrogens with zero attached hydrogens (tertiary/aromatic N) is 2. The highest BCUT2D eigenvalue weighted by molar-refractivity contribution is 5.73. The van der Waals surface area contributed by atoms with Crippen LogP contribution in [-0.2, 0) is 0 Å². The summed E-state index contributed by atoms with van der Waals surface area (Å²) in [6, 6.07) is 7.81. The first-order valence-corrected chi connectivity index (χ1v) is 5.51. The summed E-state index contributed by atoms with van der Waals surface area (Å²) in [6.45, 7) is 1.92. The van der Waals surface area contributed by atoms with Gasteiger partial charge in [-0.2, -0.15) is 0 Å². The van der Waals surface area contributed by atoms with Gasteiger partial charge in [0.2, 0.25) is 5.88 Å². The van der Waals surface area contributed by atoms with Crippen molar-refractivity contribution in [1.29, 1.82) is 0 Å². The first-order valence-electron chi connectivity index (χ1n) is 5.51. The van der Waals surface area contributed by atoms with E-state index in [0.29, 0.717) is 5.88 Å². The van der Waals surface area contributed by atoms with Crippen LogP contribution >= 0.6 is 0 Å². The molecule has 2 aromatic rings. The van der Waals surface area contributed by atoms with E-state index in [1.54, 1.807) is 6.20 Å². The molecule has 4 nitrogen and oxygen atoms in total. The molecule has 1 aliphatic heterocycles. The molecule has 0 spiro atoms. The van der Waals surface area contributed by atoms with Crippen molar-refractivity contribution in [1.82, 2.24) is 15.3 Å². The quantitative estimate of drug-likeness (QED) is 0.822. The van der Waals surface area contributed by atoms with Crippen molar-refractivity contribution < 1.29 is 4.74 Å². The third-order valence-electron chi connectivity index (χ3n) is 2.73. The Kier molecular flexibility index (Phi) is 2.42. The summed E-state index contributed by atoms with van der Waals surface area (Å²) >= 11 is 0. The zero-order chi connectivity index (χ0) is 10.8. The number of ether oxygens (including phenoxy) is 1. The lowest BCUT2D eigenvalue weighted by Crippen LogP contribution is -2.20. The summed E-state index contributed by atoms with van der Waals surface area (Å²) in [4.78, 5) is 8.74. The van der Waals surface area contributed by atoms with E-state index in [0.717, 1.165) is 30.5 Å². The molecule has 3 rings (SSSR count). The Morgan fingerprint density at radius 1 is 1.25 bits per heavy atom. The molecule has 0 saturated carbocycles. The highest BCUT2D eigenvalue weighted by atomic mass is 16.5. The van der Waals surface area contributed by atoms with Gasteiger partial charge in [-0.25, -0.2) is 9.97 Å². The zero-order valence-corrected chi connectivity index (χ0v) is 8.89. The molecule has 1 aromatic carbocycles. The zero-order valence-electron chi connectivity index (χ0n) is 8.89. The number of hydrogen-bond acceptors (Lipinski definition) is 4. The maximum absolute atomic E-state index is 5.75. The third kappa shape index (κ3) is 1.84. The van der Waals surface area contributed by atoms with Gasteiger partial charge in [0.1, 0.15) is 6.10 Å². The Hall–Kier alpha value is -1.68. The van der Waals surface area contributed by atoms with Crippen molar-refractivity contribution in [2.45, 2.75) is 12.5 Å². The minimum Gasteiger partial charge on any atom is -0.472 e. The topological polar surface area (TPSA) is 47.0 Å². The number of aromatic nitrogens is 2. The van der Waals surface area contributed by atoms with Gasteiger partial charge in [0, 0.05) is 6.54 Å². The van der Waals surface area contributed by atoms with Crippen LogP contribution in [-0.4, -0.2) is 29.2 Å². The highest BCUT2D eigenvalue weighted by Crippen LogP contribution is 2.15. The van der Waals surface area contributed by atoms with E-state index in [1.807, 2.05) is 24.3 Å². The standard InChI is InChI=1S/C12H13N3O/c1-2-4-11-10(3-1)14-8-12(15-11)16-9-5-6-13-7-9/h1-4,8-9,13H,5-7H2. The van der Waals surface area contributed by atoms with Gasteiger partial charge < -0.3 is 10.1 Å². The summed E-state index contributed by atoms with van der Waals surface area (Å²) in [6.07, 6.45) is 2.96. The molecule has 16 heavy (non-hydrogen) atoms. The van der Waals surface area contributed by atoms with Gasteiger partial charge in [-0.05, 0) is 25.1 Å². The number of nitrogens with one attached hydrogen (secondary N) is 1. The Morgan fingerprint density at radius 2 is 2.12 bits per heavy atom. The molecule has 1 saturated heterocycles. The fraction of sp³-hybridized carbons (Fsp3) is 0.333. The van der Waals surface area contributed by atoms with Crippen LogP contribution in [0, 0.1) is 0 Å². The lowest BCUT2D eigenvalue weighted by Gasteiger charge is -2.11. The molecular weight excluding hydrogens is 202 g/mol. The highest BCUT2D eigenvalue weighted by Gasteiger charge is 2.16. The van der Waals surface area contributed by atoms with E-state index >= 15 is 0 Å². The summed E-state index contributed by atoms with van der Waals surface area (Å²) in [5, 5.41) is 3.26. The van der Waals surface area contributed by atoms with Crippen LogP contribution in [0.15, 0.2) is 30.5 Å². The van der Waals surface area contributed by atoms with Crippen LogP contribution in [0.4, 0.5) is 0 Å². The molecule has 0 radical (unpaired) electrons. The molecule has 0 amide bonds. The number of benzene rings is 1. The first-order chi connectivity index (χ1) is 7.92. The Labute approximate surface area is 93.7 Å². The molecule has 1 fully saturated rings. The molecule has 0 bridgehead atoms. The molecule has 1 aromatic heterocycles. The maximum atomic E-state index is 5.75. The monoisotopic (exact) mass is 215 g/mol. The molecule has 0 aliphatic carbocycles. The van der Waals surface area contributed by atoms with Gasteiger partial charge in [-0.3, -0.25) is 0 Å². The molecule has 4 heteroatoms. The molecule has 1 unspecified atom stereocenters. The van der Waals surface area contributed by atoms with Gasteiger partial charge in [0.25, 0.3) is 0 Å². The summed E-state index contributed by atoms with van der Waals surface area (Å²) in [5.41, 5.74) is 1.78. The molecule has 2 heterocycles. The van der Waals surface area contributed by atoms with Crippen molar-refractivity contribution in [3.05, 3.63) is 30.5 Å². The van der Waals surface area contributed by atoms with Gasteiger partial charge in [-0.15, -0.1) is 0 Å². The van der Waals surface area contributed by atoms with Crippen LogP contribution in [0.5, 0.6) is 5.88 Å². The molecule has 1 aliphatic rings. The molecule has 1 atom stereocenters. The SMILES string of the molecule is c1ccc2nc(OC3CCNC3)cnc2c1. The Balaban J connectivity index is 1.86. The van der Waals surface area contributed by atoms with Crippen molar-refractivity contribution in [3.8, 4) is 5.88 Å². The van der Waals surface area contributed by atoms with Crippen molar-refractivity contribution >= 4 is 11.0 Å². The van der Waals surface area contributed by atoms with E-state index in [-0.39, 0.29) is 6.10 Å². The van der Waals surface area contributed by atoms with Crippen LogP contribution in [0.2, 0.25) is 0 Å². The first kappa shape index (κ1) is 9.54. The fourth-order valence-corrected chi connectivity index (χ4v) is 1.90. The number of rotatable bonds is 2. The lowest BCUT2D eigenvalue weighted by atomic mass is 10.3. The lowest BCUT2D eigenvalue weighted by molar-refractivity contribution is 0.214. The Bertz CT molecular complexity index is 494. The van der Waals surface area contributed by atoms with Gasteiger partial charge in [0.05, 0.1) is 17.2 Å². The van der Waals surface area contributed by atoms with E-state index < -0.39 is 0 Å². The van der Waals surface area contributed by atoms with Crippen LogP contribution < -0.4 is 10.1 Å². The van der Waals surface area contributed by atoms with Crippen LogP contribution in [0.25, 0.3) is 11.0 Å². The number of fused-ring (bicyclic) bond motifs is 1. The van der Waals surface area contributed by atoms with Crippen molar-refractivity contribution in [2.24, 2.45) is 0 Å². The largest absolute Gasteiger partial charge is 0.472 e. The van der Waals surface area contributed by atoms with E-state index in [9.17, 15) is 0 Å². The van der Waals surface area contributed by atoms with E-state index in [2.05, 4.69) is 15.3 Å². The number of para-hydroxylation sites is 2. The molecular formula is C12H13N3O. The normalized spacial score (nSPS) is 20.1. The van der Waals surface area contributed by atoms with Crippen molar-refractivity contribution in [2.75, 3.05) is 13.1 Å². The summed E-state index contributed by atoms with van der Waals surface area (Å²) in [7, 11) is 0. The van der Waals surface area contributed by atoms with Gasteiger partial charge >= 0.3 is 0 Å². The second-order valence-electron chi connectivity index (χ2n) is 3.93. The van der Waals surface area contributed by atoms with Crippen molar-refractivity contribution in [3.63, 3.8) is 0 Å². The maximum Gasteiger partial charge on any atom is 0.233 e. The van der Waals surface area contributed by atoms with E-state index in [4.69, 9.17) is 4.74 Å². The number of hydrogen-bond donors (Lipinski definition) is 1. The minimum atomic E-state index is 0.232. The average molecular weight is 215 g/mol. The average Bonchev–Trinajstić information content (AvgIpc) is 2.82. The fourth-order valence-electron chi connectivity index (χ4n) is 1.90. The van der Waals surface area contributed by atoms with E-state index in [1.165, 1.54) is 0 Å². The summed E-state index contributed by atoms with van der Waals surface area (Å²) in [5.74, 6) is 0.618. The van der Waals surface area contributed by atoms with Crippen LogP contribution in [0.1, 0.15) is 6.42 Å². The molecule has 82 valence electrons. The third-order valence-corrected chi connectivity index (χ3v) is 2.73. The second-order valence-corrected chi connectivity index (χ2v) is 3.93. The summed E-state index contributed by atoms with van der Waals surface area (Å²) < 4.78 is 5.75. The molecule has 1 N–H and O–H groups in total.